The Kier molecular flexibility index (Phi) is 2.13. The number of fused-ring (bicyclic) bond motifs is 2. The largest absolute Gasteiger partial charge is 0.296 e. The van der Waals surface area contributed by atoms with Gasteiger partial charge in [-0.1, -0.05) is 0 Å². The number of nitrogens with zero attached hydrogens (tertiary/aromatic N) is 3. The lowest BCUT2D eigenvalue weighted by Gasteiger charge is -2.29. The maximum atomic E-state index is 12.3. The fourth-order valence-corrected chi connectivity index (χ4v) is 3.73. The highest BCUT2D eigenvalue weighted by Crippen LogP contribution is 2.49. The topological polar surface area (TPSA) is 39.3 Å². The minimum atomic E-state index is 0.0919. The Morgan fingerprint density at radius 3 is 2.78 bits per heavy atom. The molecule has 2 aliphatic rings. The van der Waals surface area contributed by atoms with E-state index in [-0.39, 0.29) is 5.56 Å². The third-order valence-corrected chi connectivity index (χ3v) is 4.83. The molecule has 2 saturated carbocycles. The Labute approximate surface area is 105 Å². The van der Waals surface area contributed by atoms with Gasteiger partial charge in [0.05, 0.1) is 0 Å². The summed E-state index contributed by atoms with van der Waals surface area (Å²) in [5.74, 6) is 2.59. The van der Waals surface area contributed by atoms with Crippen LogP contribution in [-0.4, -0.2) is 14.2 Å². The third-order valence-electron chi connectivity index (χ3n) is 4.83. The first kappa shape index (κ1) is 10.4. The summed E-state index contributed by atoms with van der Waals surface area (Å²) in [7, 11) is 0. The average molecular weight is 243 g/mol. The van der Waals surface area contributed by atoms with Crippen LogP contribution in [0.15, 0.2) is 29.5 Å². The first-order valence-corrected chi connectivity index (χ1v) is 6.84. The van der Waals surface area contributed by atoms with Gasteiger partial charge in [0, 0.05) is 12.7 Å². The molecule has 0 aliphatic heterocycles. The Morgan fingerprint density at radius 1 is 1.28 bits per heavy atom. The van der Waals surface area contributed by atoms with Gasteiger partial charge in [-0.05, 0) is 55.6 Å². The summed E-state index contributed by atoms with van der Waals surface area (Å²) < 4.78 is 3.45. The molecule has 0 aromatic carbocycles. The molecular formula is C14H17N3O. The van der Waals surface area contributed by atoms with E-state index in [2.05, 4.69) is 5.10 Å². The molecule has 4 heteroatoms. The van der Waals surface area contributed by atoms with Crippen molar-refractivity contribution in [3.8, 4) is 0 Å². The van der Waals surface area contributed by atoms with Gasteiger partial charge >= 0.3 is 0 Å². The maximum absolute atomic E-state index is 12.3. The fraction of sp³-hybridized carbons (Fsp3) is 0.571. The van der Waals surface area contributed by atoms with Crippen LogP contribution in [0.5, 0.6) is 0 Å². The first-order chi connectivity index (χ1) is 8.81. The summed E-state index contributed by atoms with van der Waals surface area (Å²) >= 11 is 0. The van der Waals surface area contributed by atoms with Gasteiger partial charge in [0.25, 0.3) is 5.56 Å². The van der Waals surface area contributed by atoms with E-state index in [1.54, 1.807) is 15.4 Å². The zero-order valence-electron chi connectivity index (χ0n) is 10.3. The summed E-state index contributed by atoms with van der Waals surface area (Å²) in [6, 6.07) is 3.70. The molecule has 1 unspecified atom stereocenters. The van der Waals surface area contributed by atoms with Crippen LogP contribution in [0, 0.1) is 17.8 Å². The molecule has 2 aromatic rings. The highest BCUT2D eigenvalue weighted by molar-refractivity contribution is 5.43. The molecule has 2 aliphatic carbocycles. The normalized spacial score (nSPS) is 30.3. The summed E-state index contributed by atoms with van der Waals surface area (Å²) in [5.41, 5.74) is 0.771. The molecule has 3 atom stereocenters. The molecule has 4 rings (SSSR count). The molecule has 0 amide bonds. The maximum Gasteiger partial charge on any atom is 0.277 e. The van der Waals surface area contributed by atoms with E-state index in [4.69, 9.17) is 0 Å². The lowest BCUT2D eigenvalue weighted by atomic mass is 9.77. The van der Waals surface area contributed by atoms with Crippen molar-refractivity contribution < 1.29 is 0 Å². The van der Waals surface area contributed by atoms with Gasteiger partial charge in [0.2, 0.25) is 0 Å². The van der Waals surface area contributed by atoms with Crippen LogP contribution in [0.1, 0.15) is 25.7 Å². The van der Waals surface area contributed by atoms with Gasteiger partial charge in [-0.25, -0.2) is 4.52 Å². The smallest absolute Gasteiger partial charge is 0.277 e. The van der Waals surface area contributed by atoms with E-state index in [1.807, 2.05) is 18.3 Å². The van der Waals surface area contributed by atoms with E-state index in [0.717, 1.165) is 18.4 Å². The van der Waals surface area contributed by atoms with Crippen molar-refractivity contribution in [3.05, 3.63) is 35.0 Å². The zero-order chi connectivity index (χ0) is 12.1. The van der Waals surface area contributed by atoms with Crippen molar-refractivity contribution in [3.63, 3.8) is 0 Å². The number of aromatic nitrogens is 3. The van der Waals surface area contributed by atoms with Crippen LogP contribution >= 0.6 is 0 Å². The predicted molar refractivity (Wildman–Crippen MR) is 68.4 cm³/mol. The molecule has 0 N–H and O–H groups in total. The average Bonchev–Trinajstić information content (AvgIpc) is 2.91. The lowest BCUT2D eigenvalue weighted by Crippen LogP contribution is -2.25. The van der Waals surface area contributed by atoms with E-state index >= 15 is 0 Å². The second kappa shape index (κ2) is 3.70. The molecule has 0 saturated heterocycles. The monoisotopic (exact) mass is 243 g/mol. The third kappa shape index (κ3) is 1.44. The lowest BCUT2D eigenvalue weighted by molar-refractivity contribution is 0.219. The molecule has 2 fully saturated rings. The van der Waals surface area contributed by atoms with Crippen LogP contribution in [0.25, 0.3) is 5.52 Å². The van der Waals surface area contributed by atoms with Crippen molar-refractivity contribution in [2.45, 2.75) is 32.2 Å². The van der Waals surface area contributed by atoms with Crippen molar-refractivity contribution in [2.75, 3.05) is 0 Å². The van der Waals surface area contributed by atoms with Gasteiger partial charge in [0.15, 0.2) is 0 Å². The zero-order valence-corrected chi connectivity index (χ0v) is 10.3. The summed E-state index contributed by atoms with van der Waals surface area (Å²) in [6.07, 6.45) is 8.94. The highest BCUT2D eigenvalue weighted by atomic mass is 16.1. The van der Waals surface area contributed by atoms with Crippen molar-refractivity contribution in [2.24, 2.45) is 17.8 Å². The molecule has 0 bridgehead atoms. The fourth-order valence-electron chi connectivity index (χ4n) is 3.73. The molecule has 18 heavy (non-hydrogen) atoms. The Morgan fingerprint density at radius 2 is 2.06 bits per heavy atom. The predicted octanol–water partition coefficient (Wildman–Crippen LogP) is 1.93. The van der Waals surface area contributed by atoms with E-state index < -0.39 is 0 Å². The molecule has 2 heterocycles. The number of hydrogen-bond acceptors (Lipinski definition) is 2. The Hall–Kier alpha value is -1.58. The molecule has 0 spiro atoms. The van der Waals surface area contributed by atoms with Gasteiger partial charge in [0.1, 0.15) is 11.8 Å². The summed E-state index contributed by atoms with van der Waals surface area (Å²) in [4.78, 5) is 12.3. The van der Waals surface area contributed by atoms with E-state index in [0.29, 0.717) is 11.4 Å². The van der Waals surface area contributed by atoms with Crippen LogP contribution < -0.4 is 5.56 Å². The highest BCUT2D eigenvalue weighted by Gasteiger charge is 2.40. The number of rotatable bonds is 2. The Bertz CT molecular complexity index is 630. The Balaban J connectivity index is 1.62. The minimum absolute atomic E-state index is 0.0919. The van der Waals surface area contributed by atoms with Crippen molar-refractivity contribution in [1.82, 2.24) is 14.2 Å². The minimum Gasteiger partial charge on any atom is -0.296 e. The SMILES string of the molecule is O=c1c2cccn2ncn1CC1C[C@H]2CC[C@H]2C1. The molecular weight excluding hydrogens is 226 g/mol. The number of hydrogen-bond donors (Lipinski definition) is 0. The molecule has 0 radical (unpaired) electrons. The van der Waals surface area contributed by atoms with Gasteiger partial charge < -0.3 is 0 Å². The first-order valence-electron chi connectivity index (χ1n) is 6.84. The van der Waals surface area contributed by atoms with E-state index in [1.165, 1.54) is 25.7 Å². The second-order valence-corrected chi connectivity index (χ2v) is 5.86. The molecule has 2 aromatic heterocycles. The standard InChI is InChI=1S/C14H17N3O/c18-14-13-2-1-5-17(13)15-9-16(14)8-10-6-11-3-4-12(11)7-10/h1-2,5,9-12H,3-4,6-8H2/t10?,11-,12+. The van der Waals surface area contributed by atoms with Crippen LogP contribution in [0.3, 0.4) is 0 Å². The molecule has 94 valence electrons. The van der Waals surface area contributed by atoms with Crippen molar-refractivity contribution >= 4 is 5.52 Å². The van der Waals surface area contributed by atoms with Crippen molar-refractivity contribution in [1.29, 1.82) is 0 Å². The quantitative estimate of drug-likeness (QED) is 0.808. The van der Waals surface area contributed by atoms with Crippen LogP contribution in [0.2, 0.25) is 0 Å². The van der Waals surface area contributed by atoms with Crippen LogP contribution in [-0.2, 0) is 6.54 Å². The second-order valence-electron chi connectivity index (χ2n) is 5.86. The van der Waals surface area contributed by atoms with Gasteiger partial charge in [-0.15, -0.1) is 0 Å². The van der Waals surface area contributed by atoms with E-state index in [9.17, 15) is 4.79 Å². The summed E-state index contributed by atoms with van der Waals surface area (Å²) in [5, 5.41) is 4.28. The molecule has 4 nitrogen and oxygen atoms in total. The van der Waals surface area contributed by atoms with Gasteiger partial charge in [-0.2, -0.15) is 5.10 Å². The van der Waals surface area contributed by atoms with Gasteiger partial charge in [-0.3, -0.25) is 9.36 Å². The summed E-state index contributed by atoms with van der Waals surface area (Å²) in [6.45, 7) is 0.848. The van der Waals surface area contributed by atoms with Crippen LogP contribution in [0.4, 0.5) is 0 Å².